The Morgan fingerprint density at radius 2 is 1.11 bits per heavy atom. The van der Waals surface area contributed by atoms with Gasteiger partial charge >= 0.3 is 0 Å². The molecule has 4 aromatic heterocycles. The van der Waals surface area contributed by atoms with Crippen LogP contribution in [-0.4, -0.2) is 19.5 Å². The van der Waals surface area contributed by atoms with Gasteiger partial charge in [0, 0.05) is 34.4 Å². The first kappa shape index (κ1) is 25.4. The fourth-order valence-electron chi connectivity index (χ4n) is 6.65. The number of pyridine rings is 3. The quantitative estimate of drug-likeness (QED) is 0.196. The summed E-state index contributed by atoms with van der Waals surface area (Å²) in [7, 11) is 0. The predicted molar refractivity (Wildman–Crippen MR) is 185 cm³/mol. The van der Waals surface area contributed by atoms with Crippen molar-refractivity contribution in [1.29, 1.82) is 0 Å². The average molecular weight is 575 g/mol. The van der Waals surface area contributed by atoms with Crippen molar-refractivity contribution >= 4 is 43.5 Å². The lowest BCUT2D eigenvalue weighted by molar-refractivity contribution is 1.13. The molecule has 0 atom stereocenters. The highest BCUT2D eigenvalue weighted by Gasteiger charge is 2.17. The molecule has 0 aliphatic heterocycles. The SMILES string of the molecule is c1ccc(-c2cc(-c3c4ccccc4cc4ccccc34)cc(-c3cccc(-n4c5ccccc5c5cccnc54)c3)n2)nc1. The number of rotatable bonds is 4. The van der Waals surface area contributed by atoms with Gasteiger partial charge in [0.25, 0.3) is 0 Å². The molecule has 5 aromatic carbocycles. The van der Waals surface area contributed by atoms with Gasteiger partial charge < -0.3 is 0 Å². The monoisotopic (exact) mass is 574 g/mol. The van der Waals surface area contributed by atoms with Crippen molar-refractivity contribution < 1.29 is 0 Å². The lowest BCUT2D eigenvalue weighted by Gasteiger charge is -2.15. The molecule has 210 valence electrons. The van der Waals surface area contributed by atoms with Crippen LogP contribution in [0.25, 0.3) is 82.9 Å². The normalized spacial score (nSPS) is 11.6. The van der Waals surface area contributed by atoms with Gasteiger partial charge in [-0.3, -0.25) is 9.55 Å². The molecule has 0 fully saturated rings. The van der Waals surface area contributed by atoms with Crippen LogP contribution >= 0.6 is 0 Å². The van der Waals surface area contributed by atoms with E-state index in [1.54, 1.807) is 0 Å². The molecule has 0 radical (unpaired) electrons. The second kappa shape index (κ2) is 10.2. The highest BCUT2D eigenvalue weighted by Crippen LogP contribution is 2.39. The third-order valence-electron chi connectivity index (χ3n) is 8.65. The van der Waals surface area contributed by atoms with Gasteiger partial charge in [0.05, 0.1) is 22.6 Å². The standard InChI is InChI=1S/C41H26N4/c1-3-15-32-27(11-1)23-28-12-2-4-16-33(28)40(32)30-25-37(44-38(26-30)36-19-7-8-21-42-36)29-13-9-14-31(24-29)45-39-20-6-5-17-34(39)35-18-10-22-43-41(35)45/h1-26H. The zero-order valence-electron chi connectivity index (χ0n) is 24.3. The highest BCUT2D eigenvalue weighted by molar-refractivity contribution is 6.13. The summed E-state index contributed by atoms with van der Waals surface area (Å²) in [4.78, 5) is 14.7. The summed E-state index contributed by atoms with van der Waals surface area (Å²) in [5.74, 6) is 0. The van der Waals surface area contributed by atoms with Crippen LogP contribution in [0.1, 0.15) is 0 Å². The minimum absolute atomic E-state index is 0.837. The molecule has 0 aliphatic rings. The maximum absolute atomic E-state index is 5.22. The number of hydrogen-bond donors (Lipinski definition) is 0. The molecule has 0 unspecified atom stereocenters. The third kappa shape index (κ3) is 4.19. The van der Waals surface area contributed by atoms with Crippen molar-refractivity contribution in [2.24, 2.45) is 0 Å². The van der Waals surface area contributed by atoms with Crippen LogP contribution in [0.2, 0.25) is 0 Å². The first-order valence-electron chi connectivity index (χ1n) is 15.1. The minimum Gasteiger partial charge on any atom is -0.294 e. The number of nitrogens with zero attached hydrogens (tertiary/aromatic N) is 4. The first-order chi connectivity index (χ1) is 22.3. The lowest BCUT2D eigenvalue weighted by atomic mass is 9.91. The van der Waals surface area contributed by atoms with Crippen LogP contribution in [0.15, 0.2) is 158 Å². The van der Waals surface area contributed by atoms with Crippen LogP contribution < -0.4 is 0 Å². The fourth-order valence-corrected chi connectivity index (χ4v) is 6.65. The number of benzene rings is 5. The molecule has 0 N–H and O–H groups in total. The molecule has 9 rings (SSSR count). The number of para-hydroxylation sites is 1. The van der Waals surface area contributed by atoms with Crippen molar-refractivity contribution in [2.75, 3.05) is 0 Å². The summed E-state index contributed by atoms with van der Waals surface area (Å²) in [5, 5.41) is 7.18. The zero-order chi connectivity index (χ0) is 29.7. The van der Waals surface area contributed by atoms with Crippen LogP contribution in [0.3, 0.4) is 0 Å². The Morgan fingerprint density at radius 3 is 1.91 bits per heavy atom. The molecule has 0 saturated heterocycles. The van der Waals surface area contributed by atoms with E-state index in [0.717, 1.165) is 50.4 Å². The van der Waals surface area contributed by atoms with Crippen molar-refractivity contribution in [2.45, 2.75) is 0 Å². The summed E-state index contributed by atoms with van der Waals surface area (Å²) >= 11 is 0. The zero-order valence-corrected chi connectivity index (χ0v) is 24.3. The van der Waals surface area contributed by atoms with Gasteiger partial charge in [-0.25, -0.2) is 9.97 Å². The van der Waals surface area contributed by atoms with Gasteiger partial charge in [-0.15, -0.1) is 0 Å². The van der Waals surface area contributed by atoms with E-state index >= 15 is 0 Å². The third-order valence-corrected chi connectivity index (χ3v) is 8.65. The van der Waals surface area contributed by atoms with Gasteiger partial charge in [0.1, 0.15) is 5.65 Å². The van der Waals surface area contributed by atoms with E-state index in [9.17, 15) is 0 Å². The van der Waals surface area contributed by atoms with Crippen LogP contribution in [0.4, 0.5) is 0 Å². The van der Waals surface area contributed by atoms with Crippen molar-refractivity contribution in [3.05, 3.63) is 158 Å². The molecule has 0 bridgehead atoms. The van der Waals surface area contributed by atoms with Gasteiger partial charge in [0.2, 0.25) is 0 Å². The Bertz CT molecular complexity index is 2440. The minimum atomic E-state index is 0.837. The van der Waals surface area contributed by atoms with Crippen molar-refractivity contribution in [1.82, 2.24) is 19.5 Å². The van der Waals surface area contributed by atoms with Gasteiger partial charge in [-0.1, -0.05) is 84.9 Å². The van der Waals surface area contributed by atoms with E-state index < -0.39 is 0 Å². The molecule has 0 aliphatic carbocycles. The summed E-state index contributed by atoms with van der Waals surface area (Å²) in [6, 6.07) is 51.2. The number of aromatic nitrogens is 4. The summed E-state index contributed by atoms with van der Waals surface area (Å²) in [5.41, 5.74) is 9.01. The Morgan fingerprint density at radius 1 is 0.422 bits per heavy atom. The molecule has 4 nitrogen and oxygen atoms in total. The van der Waals surface area contributed by atoms with Crippen LogP contribution in [0.5, 0.6) is 0 Å². The fraction of sp³-hybridized carbons (Fsp3) is 0. The average Bonchev–Trinajstić information content (AvgIpc) is 3.45. The second-order valence-corrected chi connectivity index (χ2v) is 11.3. The van der Waals surface area contributed by atoms with E-state index in [0.29, 0.717) is 0 Å². The van der Waals surface area contributed by atoms with Gasteiger partial charge in [-0.05, 0) is 93.3 Å². The van der Waals surface area contributed by atoms with E-state index in [2.05, 4.69) is 126 Å². The van der Waals surface area contributed by atoms with E-state index in [4.69, 9.17) is 15.0 Å². The molecule has 4 heteroatoms. The van der Waals surface area contributed by atoms with Crippen molar-refractivity contribution in [3.63, 3.8) is 0 Å². The number of fused-ring (bicyclic) bond motifs is 5. The topological polar surface area (TPSA) is 43.6 Å². The molecule has 0 amide bonds. The molecule has 4 heterocycles. The predicted octanol–water partition coefficient (Wildman–Crippen LogP) is 10.3. The van der Waals surface area contributed by atoms with Crippen LogP contribution in [0, 0.1) is 0 Å². The Labute approximate surface area is 259 Å². The van der Waals surface area contributed by atoms with E-state index in [1.165, 1.54) is 32.5 Å². The molecule has 9 aromatic rings. The first-order valence-corrected chi connectivity index (χ1v) is 15.1. The Balaban J connectivity index is 1.31. The van der Waals surface area contributed by atoms with Crippen LogP contribution in [-0.2, 0) is 0 Å². The smallest absolute Gasteiger partial charge is 0.145 e. The van der Waals surface area contributed by atoms with Crippen molar-refractivity contribution in [3.8, 4) is 39.5 Å². The molecular formula is C41H26N4. The second-order valence-electron chi connectivity index (χ2n) is 11.3. The van der Waals surface area contributed by atoms with E-state index in [1.807, 2.05) is 36.7 Å². The maximum Gasteiger partial charge on any atom is 0.145 e. The molecule has 0 spiro atoms. The highest BCUT2D eigenvalue weighted by atomic mass is 15.0. The Hall–Kier alpha value is -6.13. The summed E-state index contributed by atoms with van der Waals surface area (Å²) in [6.45, 7) is 0. The molecular weight excluding hydrogens is 548 g/mol. The maximum atomic E-state index is 5.22. The largest absolute Gasteiger partial charge is 0.294 e. The lowest BCUT2D eigenvalue weighted by Crippen LogP contribution is -1.97. The van der Waals surface area contributed by atoms with Gasteiger partial charge in [-0.2, -0.15) is 0 Å². The van der Waals surface area contributed by atoms with E-state index in [-0.39, 0.29) is 0 Å². The summed E-state index contributed by atoms with van der Waals surface area (Å²) in [6.07, 6.45) is 3.69. The number of hydrogen-bond acceptors (Lipinski definition) is 3. The summed E-state index contributed by atoms with van der Waals surface area (Å²) < 4.78 is 2.25. The Kier molecular flexibility index (Phi) is 5.78. The molecule has 0 saturated carbocycles. The van der Waals surface area contributed by atoms with Gasteiger partial charge in [0.15, 0.2) is 0 Å². The molecule has 45 heavy (non-hydrogen) atoms.